The Morgan fingerprint density at radius 1 is 0.871 bits per heavy atom. The summed E-state index contributed by atoms with van der Waals surface area (Å²) in [4.78, 5) is 0. The van der Waals surface area contributed by atoms with E-state index in [-0.39, 0.29) is 22.8 Å². The molecule has 2 N–H and O–H groups in total. The predicted molar refractivity (Wildman–Crippen MR) is 133 cm³/mol. The molecule has 0 aliphatic heterocycles. The first-order valence-corrected chi connectivity index (χ1v) is 13.2. The monoisotopic (exact) mass is 440 g/mol. The minimum atomic E-state index is -2.64. The molecule has 3 nitrogen and oxygen atoms in total. The van der Waals surface area contributed by atoms with Gasteiger partial charge in [0.15, 0.2) is 0 Å². The average molecular weight is 441 g/mol. The van der Waals surface area contributed by atoms with E-state index in [1.54, 1.807) is 6.08 Å². The summed E-state index contributed by atoms with van der Waals surface area (Å²) in [7, 11) is -2.64. The van der Waals surface area contributed by atoms with Crippen LogP contribution in [0.4, 0.5) is 0 Å². The highest BCUT2D eigenvalue weighted by molar-refractivity contribution is 6.99. The summed E-state index contributed by atoms with van der Waals surface area (Å²) < 4.78 is 6.94. The molecule has 0 unspecified atom stereocenters. The third kappa shape index (κ3) is 5.56. The minimum absolute atomic E-state index is 0.0746. The summed E-state index contributed by atoms with van der Waals surface area (Å²) in [6, 6.07) is 21.0. The molecule has 2 aromatic carbocycles. The van der Waals surface area contributed by atoms with Crippen molar-refractivity contribution < 1.29 is 14.6 Å². The van der Waals surface area contributed by atoms with Crippen molar-refractivity contribution in [3.63, 3.8) is 0 Å². The average Bonchev–Trinajstić information content (AvgIpc) is 2.77. The fourth-order valence-corrected chi connectivity index (χ4v) is 9.12. The first-order valence-electron chi connectivity index (χ1n) is 11.3. The summed E-state index contributed by atoms with van der Waals surface area (Å²) in [6.45, 7) is 16.8. The summed E-state index contributed by atoms with van der Waals surface area (Å²) in [5, 5.41) is 23.9. The van der Waals surface area contributed by atoms with Gasteiger partial charge in [-0.3, -0.25) is 0 Å². The van der Waals surface area contributed by atoms with E-state index in [9.17, 15) is 10.2 Å². The predicted octanol–water partition coefficient (Wildman–Crippen LogP) is 4.38. The molecule has 31 heavy (non-hydrogen) atoms. The quantitative estimate of drug-likeness (QED) is 0.426. The number of hydrogen-bond donors (Lipinski definition) is 2. The molecule has 0 saturated heterocycles. The molecule has 0 radical (unpaired) electrons. The second kappa shape index (κ2) is 10.7. The Morgan fingerprint density at radius 2 is 1.32 bits per heavy atom. The van der Waals surface area contributed by atoms with Gasteiger partial charge < -0.3 is 14.6 Å². The van der Waals surface area contributed by atoms with Crippen LogP contribution in [0.1, 0.15) is 41.5 Å². The molecule has 0 heterocycles. The molecule has 2 rings (SSSR count). The zero-order chi connectivity index (χ0) is 23.2. The van der Waals surface area contributed by atoms with Gasteiger partial charge in [-0.15, -0.1) is 6.58 Å². The van der Waals surface area contributed by atoms with Gasteiger partial charge in [-0.25, -0.2) is 0 Å². The first kappa shape index (κ1) is 25.5. The van der Waals surface area contributed by atoms with Crippen molar-refractivity contribution in [1.29, 1.82) is 0 Å². The number of benzene rings is 2. The van der Waals surface area contributed by atoms with Gasteiger partial charge in [-0.2, -0.15) is 0 Å². The molecule has 0 bridgehead atoms. The van der Waals surface area contributed by atoms with E-state index in [0.29, 0.717) is 6.61 Å². The lowest BCUT2D eigenvalue weighted by molar-refractivity contribution is -0.0296. The number of aliphatic hydroxyl groups excluding tert-OH is 2. The van der Waals surface area contributed by atoms with Crippen LogP contribution < -0.4 is 10.4 Å². The number of aliphatic hydroxyl groups is 2. The van der Waals surface area contributed by atoms with Gasteiger partial charge in [-0.05, 0) is 15.4 Å². The van der Waals surface area contributed by atoms with E-state index in [0.717, 1.165) is 0 Å². The van der Waals surface area contributed by atoms with Crippen molar-refractivity contribution in [3.8, 4) is 0 Å². The molecule has 0 saturated carbocycles. The fourth-order valence-electron chi connectivity index (χ4n) is 4.46. The van der Waals surface area contributed by atoms with Gasteiger partial charge in [0.25, 0.3) is 8.32 Å². The lowest BCUT2D eigenvalue weighted by Gasteiger charge is -2.44. The number of rotatable bonds is 10. The van der Waals surface area contributed by atoms with E-state index in [4.69, 9.17) is 4.43 Å². The SMILES string of the molecule is C=C[C@@H](C)[C@@H](O)[C@@H](C)[C@H](O)[C@H](C)CO[Si](c1ccccc1)(c1ccccc1)C(C)(C)C. The minimum Gasteiger partial charge on any atom is -0.407 e. The van der Waals surface area contributed by atoms with Gasteiger partial charge in [0.1, 0.15) is 0 Å². The maximum absolute atomic E-state index is 11.0. The van der Waals surface area contributed by atoms with Crippen LogP contribution >= 0.6 is 0 Å². The van der Waals surface area contributed by atoms with Gasteiger partial charge in [0, 0.05) is 24.4 Å². The first-order chi connectivity index (χ1) is 14.6. The smallest absolute Gasteiger partial charge is 0.261 e. The van der Waals surface area contributed by atoms with Crippen LogP contribution in [0.25, 0.3) is 0 Å². The summed E-state index contributed by atoms with van der Waals surface area (Å²) >= 11 is 0. The Labute approximate surface area is 189 Å². The van der Waals surface area contributed by atoms with Crippen LogP contribution in [0, 0.1) is 17.8 Å². The van der Waals surface area contributed by atoms with Gasteiger partial charge in [-0.1, -0.05) is 108 Å². The molecular weight excluding hydrogens is 400 g/mol. The fraction of sp³-hybridized carbons (Fsp3) is 0.481. The van der Waals surface area contributed by atoms with Crippen LogP contribution in [-0.2, 0) is 4.43 Å². The third-order valence-corrected chi connectivity index (χ3v) is 11.6. The van der Waals surface area contributed by atoms with Crippen LogP contribution in [0.15, 0.2) is 73.3 Å². The van der Waals surface area contributed by atoms with Crippen LogP contribution in [-0.4, -0.2) is 37.3 Å². The second-order valence-corrected chi connectivity index (χ2v) is 14.2. The summed E-state index contributed by atoms with van der Waals surface area (Å²) in [5.41, 5.74) is 0. The molecule has 0 amide bonds. The van der Waals surface area contributed by atoms with Crippen LogP contribution in [0.3, 0.4) is 0 Å². The molecule has 0 fully saturated rings. The van der Waals surface area contributed by atoms with Gasteiger partial charge in [0.05, 0.1) is 12.2 Å². The van der Waals surface area contributed by atoms with Crippen LogP contribution in [0.2, 0.25) is 5.04 Å². The Bertz CT molecular complexity index is 761. The molecule has 4 heteroatoms. The lowest BCUT2D eigenvalue weighted by Crippen LogP contribution is -2.67. The third-order valence-electron chi connectivity index (χ3n) is 6.55. The van der Waals surface area contributed by atoms with Crippen molar-refractivity contribution in [2.24, 2.45) is 17.8 Å². The second-order valence-electron chi connectivity index (χ2n) is 9.89. The topological polar surface area (TPSA) is 49.7 Å². The Balaban J connectivity index is 2.38. The van der Waals surface area contributed by atoms with Gasteiger partial charge >= 0.3 is 0 Å². The standard InChI is InChI=1S/C27H40O3Si/c1-8-20(2)25(28)22(4)26(29)21(3)19-30-31(27(5,6)7,23-15-11-9-12-16-23)24-17-13-10-14-18-24/h8-18,20-22,25-26,28-29H,1,19H2,2-7H3/t20-,21-,22-,25-,26-/m1/s1. The van der Waals surface area contributed by atoms with Crippen molar-refractivity contribution in [1.82, 2.24) is 0 Å². The lowest BCUT2D eigenvalue weighted by atomic mass is 9.84. The largest absolute Gasteiger partial charge is 0.407 e. The zero-order valence-corrected chi connectivity index (χ0v) is 21.0. The van der Waals surface area contributed by atoms with Crippen LogP contribution in [0.5, 0.6) is 0 Å². The Kier molecular flexibility index (Phi) is 8.84. The molecule has 0 aromatic heterocycles. The summed E-state index contributed by atoms with van der Waals surface area (Å²) in [5.74, 6) is -0.469. The van der Waals surface area contributed by atoms with E-state index < -0.39 is 20.5 Å². The normalized spacial score (nSPS) is 17.4. The highest BCUT2D eigenvalue weighted by Crippen LogP contribution is 2.37. The summed E-state index contributed by atoms with van der Waals surface area (Å²) in [6.07, 6.45) is 0.427. The maximum Gasteiger partial charge on any atom is 0.261 e. The molecular formula is C27H40O3Si. The van der Waals surface area contributed by atoms with E-state index >= 15 is 0 Å². The maximum atomic E-state index is 11.0. The van der Waals surface area contributed by atoms with Crippen molar-refractivity contribution in [2.45, 2.75) is 58.8 Å². The highest BCUT2D eigenvalue weighted by Gasteiger charge is 2.50. The Hall–Kier alpha value is -1.72. The van der Waals surface area contributed by atoms with E-state index in [1.165, 1.54) is 10.4 Å². The van der Waals surface area contributed by atoms with Crippen molar-refractivity contribution in [3.05, 3.63) is 73.3 Å². The number of hydrogen-bond acceptors (Lipinski definition) is 3. The van der Waals surface area contributed by atoms with E-state index in [2.05, 4.69) is 75.9 Å². The molecule has 5 atom stereocenters. The Morgan fingerprint density at radius 3 is 1.71 bits per heavy atom. The van der Waals surface area contributed by atoms with Crippen molar-refractivity contribution >= 4 is 18.7 Å². The molecule has 0 aliphatic rings. The molecule has 2 aromatic rings. The highest BCUT2D eigenvalue weighted by atomic mass is 28.4. The molecule has 0 spiro atoms. The van der Waals surface area contributed by atoms with Crippen molar-refractivity contribution in [2.75, 3.05) is 6.61 Å². The molecule has 170 valence electrons. The van der Waals surface area contributed by atoms with E-state index in [1.807, 2.05) is 32.9 Å². The van der Waals surface area contributed by atoms with Gasteiger partial charge in [0.2, 0.25) is 0 Å². The molecule has 0 aliphatic carbocycles. The zero-order valence-electron chi connectivity index (χ0n) is 20.0.